The maximum Gasteiger partial charge on any atom is 0.314 e. The molecule has 0 aliphatic carbocycles. The van der Waals surface area contributed by atoms with Crippen molar-refractivity contribution in [2.75, 3.05) is 19.0 Å². The Morgan fingerprint density at radius 1 is 1.20 bits per heavy atom. The molecule has 0 fully saturated rings. The van der Waals surface area contributed by atoms with E-state index in [2.05, 4.69) is 15.2 Å². The summed E-state index contributed by atoms with van der Waals surface area (Å²) in [5.41, 5.74) is 2.30. The molecule has 1 rings (SSSR count). The van der Waals surface area contributed by atoms with Gasteiger partial charge in [-0.1, -0.05) is 0 Å². The predicted octanol–water partition coefficient (Wildman–Crippen LogP) is 2.54. The van der Waals surface area contributed by atoms with Gasteiger partial charge in [0.05, 0.1) is 0 Å². The van der Waals surface area contributed by atoms with E-state index in [4.69, 9.17) is 0 Å². The van der Waals surface area contributed by atoms with E-state index >= 15 is 0 Å². The number of carbonyl (C=O) groups is 1. The van der Waals surface area contributed by atoms with Crippen molar-refractivity contribution in [3.8, 4) is 0 Å². The van der Waals surface area contributed by atoms with Crippen LogP contribution in [0.2, 0.25) is 0 Å². The Bertz CT molecular complexity index is 571. The topological polar surface area (TPSA) is 75.0 Å². The van der Waals surface area contributed by atoms with Crippen LogP contribution in [0.15, 0.2) is 39.8 Å². The number of amides is 1. The lowest BCUT2D eigenvalue weighted by Crippen LogP contribution is -2.10. The van der Waals surface area contributed by atoms with Gasteiger partial charge in [-0.15, -0.1) is 4.91 Å². The number of hydrogen-bond acceptors (Lipinski definition) is 5. The number of allylic oxidation sites excluding steroid dienone is 1. The molecular weight excluding hydrogens is 256 g/mol. The van der Waals surface area contributed by atoms with Crippen molar-refractivity contribution in [3.05, 3.63) is 40.1 Å². The van der Waals surface area contributed by atoms with Crippen LogP contribution in [-0.2, 0) is 4.79 Å². The molecule has 0 saturated carbocycles. The van der Waals surface area contributed by atoms with E-state index in [0.717, 1.165) is 17.1 Å². The van der Waals surface area contributed by atoms with Crippen LogP contribution >= 0.6 is 0 Å². The van der Waals surface area contributed by atoms with Crippen LogP contribution in [0.3, 0.4) is 0 Å². The maximum atomic E-state index is 11.2. The first-order valence-corrected chi connectivity index (χ1v) is 6.11. The summed E-state index contributed by atoms with van der Waals surface area (Å²) < 4.78 is 0. The summed E-state index contributed by atoms with van der Waals surface area (Å²) in [7, 11) is 3.83. The first-order chi connectivity index (χ1) is 9.36. The molecule has 1 aromatic heterocycles. The van der Waals surface area contributed by atoms with E-state index in [1.807, 2.05) is 38.1 Å². The molecule has 0 aliphatic rings. The van der Waals surface area contributed by atoms with Gasteiger partial charge in [0.2, 0.25) is 0 Å². The normalized spacial score (nSPS) is 12.8. The minimum Gasteiger partial charge on any atom is -0.363 e. The second kappa shape index (κ2) is 6.70. The van der Waals surface area contributed by atoms with E-state index in [9.17, 15) is 9.70 Å². The Hall–Kier alpha value is -2.37. The molecule has 106 valence electrons. The molecule has 0 spiro atoms. The first-order valence-electron chi connectivity index (χ1n) is 6.11. The van der Waals surface area contributed by atoms with Crippen molar-refractivity contribution in [3.63, 3.8) is 0 Å². The van der Waals surface area contributed by atoms with Crippen LogP contribution in [0, 0.1) is 4.91 Å². The molecule has 0 aliphatic heterocycles. The highest BCUT2D eigenvalue weighted by molar-refractivity contribution is 6.00. The number of aliphatic imine (C=N–C) groups is 1. The fourth-order valence-electron chi connectivity index (χ4n) is 1.49. The minimum atomic E-state index is -0.792. The number of hydrogen-bond donors (Lipinski definition) is 0. The van der Waals surface area contributed by atoms with E-state index in [-0.39, 0.29) is 5.57 Å². The summed E-state index contributed by atoms with van der Waals surface area (Å²) in [6.45, 7) is 5.02. The van der Waals surface area contributed by atoms with E-state index in [0.29, 0.717) is 5.70 Å². The molecule has 6 nitrogen and oxygen atoms in total. The molecular formula is C14H18N4O2. The number of rotatable bonds is 4. The van der Waals surface area contributed by atoms with E-state index in [1.54, 1.807) is 13.1 Å². The molecule has 0 N–H and O–H groups in total. The smallest absolute Gasteiger partial charge is 0.314 e. The zero-order valence-electron chi connectivity index (χ0n) is 12.3. The SMILES string of the molecule is C/C(=N\C(C)=C(/C)C(=O)N=O)c1ccc(N(C)C)nc1. The van der Waals surface area contributed by atoms with E-state index < -0.39 is 5.91 Å². The van der Waals surface area contributed by atoms with Gasteiger partial charge in [-0.05, 0) is 32.9 Å². The molecule has 20 heavy (non-hydrogen) atoms. The van der Waals surface area contributed by atoms with Gasteiger partial charge in [0.15, 0.2) is 0 Å². The lowest BCUT2D eigenvalue weighted by Gasteiger charge is -2.11. The van der Waals surface area contributed by atoms with Crippen LogP contribution in [0.5, 0.6) is 0 Å². The van der Waals surface area contributed by atoms with Crippen LogP contribution in [-0.4, -0.2) is 30.7 Å². The third-order valence-electron chi connectivity index (χ3n) is 2.91. The van der Waals surface area contributed by atoms with Crippen LogP contribution in [0.4, 0.5) is 5.82 Å². The first kappa shape index (κ1) is 15.7. The van der Waals surface area contributed by atoms with Gasteiger partial charge in [0.1, 0.15) is 5.82 Å². The van der Waals surface area contributed by atoms with Gasteiger partial charge in [0, 0.05) is 48.0 Å². The fraction of sp³-hybridized carbons (Fsp3) is 0.357. The molecule has 0 atom stereocenters. The van der Waals surface area contributed by atoms with Gasteiger partial charge >= 0.3 is 5.91 Å². The van der Waals surface area contributed by atoms with Crippen molar-refractivity contribution in [1.29, 1.82) is 0 Å². The van der Waals surface area contributed by atoms with Crippen LogP contribution in [0.25, 0.3) is 0 Å². The number of nitroso groups, excluding NO2 is 1. The van der Waals surface area contributed by atoms with Crippen molar-refractivity contribution < 1.29 is 4.79 Å². The Kier molecular flexibility index (Phi) is 5.25. The van der Waals surface area contributed by atoms with Gasteiger partial charge in [-0.2, -0.15) is 0 Å². The Morgan fingerprint density at radius 3 is 2.30 bits per heavy atom. The zero-order valence-corrected chi connectivity index (χ0v) is 12.3. The summed E-state index contributed by atoms with van der Waals surface area (Å²) in [5.74, 6) is 0.0606. The molecule has 1 heterocycles. The Balaban J connectivity index is 3.05. The second-order valence-corrected chi connectivity index (χ2v) is 4.60. The number of aromatic nitrogens is 1. The molecule has 0 radical (unpaired) electrons. The largest absolute Gasteiger partial charge is 0.363 e. The monoisotopic (exact) mass is 274 g/mol. The quantitative estimate of drug-likeness (QED) is 0.480. The standard InChI is InChI=1S/C14H18N4O2/c1-9(14(19)17-20)10(2)16-11(3)12-6-7-13(15-8-12)18(4)5/h6-8H,1-5H3/b10-9+,16-11+. The highest BCUT2D eigenvalue weighted by Crippen LogP contribution is 2.12. The van der Waals surface area contributed by atoms with Gasteiger partial charge < -0.3 is 4.90 Å². The van der Waals surface area contributed by atoms with Crippen LogP contribution in [0.1, 0.15) is 26.3 Å². The summed E-state index contributed by atoms with van der Waals surface area (Å²) in [6.07, 6.45) is 1.72. The molecule has 1 amide bonds. The number of carbonyl (C=O) groups excluding carboxylic acids is 1. The second-order valence-electron chi connectivity index (χ2n) is 4.60. The summed E-state index contributed by atoms with van der Waals surface area (Å²) in [6, 6.07) is 3.79. The molecule has 6 heteroatoms. The van der Waals surface area contributed by atoms with Crippen molar-refractivity contribution >= 4 is 17.4 Å². The van der Waals surface area contributed by atoms with Gasteiger partial charge in [-0.25, -0.2) is 4.98 Å². The van der Waals surface area contributed by atoms with Gasteiger partial charge in [0.25, 0.3) is 0 Å². The minimum absolute atomic E-state index is 0.247. The maximum absolute atomic E-state index is 11.2. The average Bonchev–Trinajstić information content (AvgIpc) is 2.45. The van der Waals surface area contributed by atoms with E-state index in [1.165, 1.54) is 6.92 Å². The third kappa shape index (κ3) is 3.81. The molecule has 0 saturated heterocycles. The summed E-state index contributed by atoms with van der Waals surface area (Å²) in [4.78, 5) is 31.9. The average molecular weight is 274 g/mol. The predicted molar refractivity (Wildman–Crippen MR) is 80.0 cm³/mol. The highest BCUT2D eigenvalue weighted by Gasteiger charge is 2.08. The van der Waals surface area contributed by atoms with Gasteiger partial charge in [-0.3, -0.25) is 9.79 Å². The molecule has 1 aromatic rings. The third-order valence-corrected chi connectivity index (χ3v) is 2.91. The van der Waals surface area contributed by atoms with Crippen molar-refractivity contribution in [2.45, 2.75) is 20.8 Å². The van der Waals surface area contributed by atoms with Crippen molar-refractivity contribution in [1.82, 2.24) is 4.98 Å². The lowest BCUT2D eigenvalue weighted by molar-refractivity contribution is -0.114. The highest BCUT2D eigenvalue weighted by atomic mass is 16.3. The molecule has 0 aromatic carbocycles. The van der Waals surface area contributed by atoms with Crippen LogP contribution < -0.4 is 4.90 Å². The number of anilines is 1. The number of nitrogens with zero attached hydrogens (tertiary/aromatic N) is 4. The lowest BCUT2D eigenvalue weighted by atomic mass is 10.2. The zero-order chi connectivity index (χ0) is 15.3. The molecule has 0 unspecified atom stereocenters. The Morgan fingerprint density at radius 2 is 1.85 bits per heavy atom. The Labute approximate surface area is 118 Å². The number of pyridine rings is 1. The van der Waals surface area contributed by atoms with Crippen molar-refractivity contribution in [2.24, 2.45) is 10.2 Å². The summed E-state index contributed by atoms with van der Waals surface area (Å²) in [5, 5.41) is 2.39. The fourth-order valence-corrected chi connectivity index (χ4v) is 1.49. The summed E-state index contributed by atoms with van der Waals surface area (Å²) >= 11 is 0. The molecule has 0 bridgehead atoms.